The molecule has 0 radical (unpaired) electrons. The molecular formula is C6H11NO4PtS. The van der Waals surface area contributed by atoms with E-state index in [0.29, 0.717) is 0 Å². The fraction of sp³-hybridized carbons (Fsp3) is 1.00. The molecular weight excluding hydrogens is 377 g/mol. The minimum atomic E-state index is -5.17. The van der Waals surface area contributed by atoms with Gasteiger partial charge in [0.25, 0.3) is 0 Å². The van der Waals surface area contributed by atoms with Gasteiger partial charge in [0.2, 0.25) is 0 Å². The van der Waals surface area contributed by atoms with E-state index in [2.05, 4.69) is 5.32 Å². The van der Waals surface area contributed by atoms with Gasteiger partial charge in [-0.05, 0) is 25.7 Å². The van der Waals surface area contributed by atoms with E-state index in [1.54, 1.807) is 0 Å². The third kappa shape index (κ3) is 12.5. The third-order valence-corrected chi connectivity index (χ3v) is 1.63. The van der Waals surface area contributed by atoms with E-state index >= 15 is 0 Å². The molecule has 0 atom stereocenters. The summed E-state index contributed by atoms with van der Waals surface area (Å²) in [6.45, 7) is 0. The molecule has 0 spiro atoms. The summed E-state index contributed by atoms with van der Waals surface area (Å²) in [6.07, 6.45) is 5.76. The van der Waals surface area contributed by atoms with Crippen molar-refractivity contribution in [1.29, 1.82) is 0 Å². The molecule has 0 unspecified atom stereocenters. The van der Waals surface area contributed by atoms with Gasteiger partial charge in [0, 0.05) is 22.5 Å². The molecule has 0 saturated heterocycles. The SMILES string of the molecule is C1CC1NC1CC1.O=S(=O)([O-])[O-].[Pt+2]. The standard InChI is InChI=1S/C6H11N.H2O4S.Pt/c1-2-5(1)7-6-3-4-6;1-5(2,3)4;/h5-7H,1-4H2;(H2,1,2,3,4);/q;;+2/p-2. The van der Waals surface area contributed by atoms with Crippen molar-refractivity contribution in [3.63, 3.8) is 0 Å². The van der Waals surface area contributed by atoms with Gasteiger partial charge < -0.3 is 14.4 Å². The van der Waals surface area contributed by atoms with Gasteiger partial charge in [0.05, 0.1) is 0 Å². The van der Waals surface area contributed by atoms with Crippen molar-refractivity contribution in [2.24, 2.45) is 0 Å². The van der Waals surface area contributed by atoms with E-state index in [1.807, 2.05) is 0 Å². The molecule has 80 valence electrons. The maximum Gasteiger partial charge on any atom is 2.00 e. The molecule has 0 amide bonds. The number of rotatable bonds is 2. The Hall–Kier alpha value is 0.518. The smallest absolute Gasteiger partial charge is 0.759 e. The Morgan fingerprint density at radius 2 is 1.23 bits per heavy atom. The summed E-state index contributed by atoms with van der Waals surface area (Å²) in [4.78, 5) is 0. The van der Waals surface area contributed by atoms with Gasteiger partial charge in [-0.1, -0.05) is 0 Å². The van der Waals surface area contributed by atoms with E-state index < -0.39 is 10.4 Å². The van der Waals surface area contributed by atoms with Crippen LogP contribution in [-0.4, -0.2) is 29.6 Å². The van der Waals surface area contributed by atoms with Gasteiger partial charge in [-0.2, -0.15) is 0 Å². The van der Waals surface area contributed by atoms with Crippen LogP contribution in [0.5, 0.6) is 0 Å². The van der Waals surface area contributed by atoms with Gasteiger partial charge >= 0.3 is 21.1 Å². The fourth-order valence-electron chi connectivity index (χ4n) is 0.833. The first-order chi connectivity index (χ1) is 5.45. The Morgan fingerprint density at radius 3 is 1.38 bits per heavy atom. The summed E-state index contributed by atoms with van der Waals surface area (Å²) < 4.78 is 34.1. The van der Waals surface area contributed by atoms with Crippen LogP contribution < -0.4 is 5.32 Å². The van der Waals surface area contributed by atoms with Crippen LogP contribution in [0, 0.1) is 0 Å². The molecule has 2 rings (SSSR count). The van der Waals surface area contributed by atoms with Crippen LogP contribution in [0.3, 0.4) is 0 Å². The Balaban J connectivity index is 0.000000220. The molecule has 2 aliphatic carbocycles. The predicted molar refractivity (Wildman–Crippen MR) is 39.7 cm³/mol. The second-order valence-corrected chi connectivity index (χ2v) is 3.94. The molecule has 2 aliphatic rings. The van der Waals surface area contributed by atoms with Crippen LogP contribution >= 0.6 is 0 Å². The zero-order valence-electron chi connectivity index (χ0n) is 6.84. The summed E-state index contributed by atoms with van der Waals surface area (Å²) >= 11 is 0. The van der Waals surface area contributed by atoms with E-state index in [4.69, 9.17) is 17.5 Å². The molecule has 1 N–H and O–H groups in total. The number of hydrogen-bond acceptors (Lipinski definition) is 5. The van der Waals surface area contributed by atoms with Crippen LogP contribution in [0.4, 0.5) is 0 Å². The van der Waals surface area contributed by atoms with Crippen molar-refractivity contribution in [3.8, 4) is 0 Å². The molecule has 0 aromatic rings. The summed E-state index contributed by atoms with van der Waals surface area (Å²) in [5, 5.41) is 3.53. The first-order valence-electron chi connectivity index (χ1n) is 3.88. The second kappa shape index (κ2) is 5.41. The molecule has 2 saturated carbocycles. The minimum absolute atomic E-state index is 0. The number of hydrogen-bond donors (Lipinski definition) is 1. The predicted octanol–water partition coefficient (Wildman–Crippen LogP) is -0.440. The maximum atomic E-state index is 8.52. The topological polar surface area (TPSA) is 92.3 Å². The molecule has 0 bridgehead atoms. The Morgan fingerprint density at radius 1 is 1.00 bits per heavy atom. The van der Waals surface area contributed by atoms with E-state index in [-0.39, 0.29) is 21.1 Å². The Kier molecular flexibility index (Phi) is 5.63. The van der Waals surface area contributed by atoms with E-state index in [1.165, 1.54) is 25.7 Å². The van der Waals surface area contributed by atoms with Crippen LogP contribution in [0.1, 0.15) is 25.7 Å². The first kappa shape index (κ1) is 13.5. The monoisotopic (exact) mass is 388 g/mol. The van der Waals surface area contributed by atoms with Gasteiger partial charge in [0.1, 0.15) is 0 Å². The zero-order valence-corrected chi connectivity index (χ0v) is 9.93. The Labute approximate surface area is 92.1 Å². The van der Waals surface area contributed by atoms with E-state index in [0.717, 1.165) is 12.1 Å². The van der Waals surface area contributed by atoms with Crippen molar-refractivity contribution < 1.29 is 38.6 Å². The minimum Gasteiger partial charge on any atom is -0.759 e. The van der Waals surface area contributed by atoms with Gasteiger partial charge in [-0.25, -0.2) is 0 Å². The largest absolute Gasteiger partial charge is 2.00 e. The van der Waals surface area contributed by atoms with Crippen molar-refractivity contribution in [2.45, 2.75) is 37.8 Å². The summed E-state index contributed by atoms with van der Waals surface area (Å²) in [5.74, 6) is 0. The average Bonchev–Trinajstić information content (AvgIpc) is 2.57. The maximum absolute atomic E-state index is 8.52. The van der Waals surface area contributed by atoms with Crippen molar-refractivity contribution in [2.75, 3.05) is 0 Å². The quantitative estimate of drug-likeness (QED) is 0.512. The number of nitrogens with one attached hydrogen (secondary N) is 1. The Bertz CT molecular complexity index is 217. The normalized spacial score (nSPS) is 21.1. The third-order valence-electron chi connectivity index (χ3n) is 1.63. The van der Waals surface area contributed by atoms with Gasteiger partial charge in [-0.15, -0.1) is 0 Å². The zero-order chi connectivity index (χ0) is 9.19. The first-order valence-corrected chi connectivity index (χ1v) is 5.21. The van der Waals surface area contributed by atoms with Crippen LogP contribution in [0.2, 0.25) is 0 Å². The molecule has 2 fully saturated rings. The molecule has 7 heteroatoms. The van der Waals surface area contributed by atoms with Gasteiger partial charge in [-0.3, -0.25) is 8.42 Å². The second-order valence-electron chi connectivity index (χ2n) is 3.12. The molecule has 0 aromatic heterocycles. The van der Waals surface area contributed by atoms with Gasteiger partial charge in [0.15, 0.2) is 0 Å². The molecule has 0 aromatic carbocycles. The van der Waals surface area contributed by atoms with Crippen LogP contribution in [-0.2, 0) is 31.5 Å². The fourth-order valence-corrected chi connectivity index (χ4v) is 0.833. The summed E-state index contributed by atoms with van der Waals surface area (Å²) in [6, 6.07) is 1.87. The van der Waals surface area contributed by atoms with Crippen LogP contribution in [0.15, 0.2) is 0 Å². The summed E-state index contributed by atoms with van der Waals surface area (Å²) in [5.41, 5.74) is 0. The van der Waals surface area contributed by atoms with E-state index in [9.17, 15) is 0 Å². The summed E-state index contributed by atoms with van der Waals surface area (Å²) in [7, 11) is -5.17. The van der Waals surface area contributed by atoms with Crippen LogP contribution in [0.25, 0.3) is 0 Å². The molecule has 5 nitrogen and oxygen atoms in total. The van der Waals surface area contributed by atoms with Crippen molar-refractivity contribution in [3.05, 3.63) is 0 Å². The average molecular weight is 388 g/mol. The molecule has 13 heavy (non-hydrogen) atoms. The van der Waals surface area contributed by atoms with Crippen molar-refractivity contribution in [1.82, 2.24) is 5.32 Å². The molecule has 0 aliphatic heterocycles. The van der Waals surface area contributed by atoms with Crippen molar-refractivity contribution >= 4 is 10.4 Å². The molecule has 0 heterocycles.